The lowest BCUT2D eigenvalue weighted by molar-refractivity contribution is -0.113. The van der Waals surface area contributed by atoms with Crippen molar-refractivity contribution in [2.75, 3.05) is 11.1 Å². The summed E-state index contributed by atoms with van der Waals surface area (Å²) < 4.78 is 1.88. The van der Waals surface area contributed by atoms with E-state index in [4.69, 9.17) is 23.2 Å². The van der Waals surface area contributed by atoms with Crippen molar-refractivity contribution in [1.82, 2.24) is 20.1 Å². The molecule has 2 N–H and O–H groups in total. The van der Waals surface area contributed by atoms with E-state index < -0.39 is 0 Å². The summed E-state index contributed by atoms with van der Waals surface area (Å²) in [5.74, 6) is 0.325. The average Bonchev–Trinajstić information content (AvgIpc) is 3.17. The molecule has 2 aromatic carbocycles. The van der Waals surface area contributed by atoms with Crippen LogP contribution in [-0.4, -0.2) is 32.3 Å². The molecule has 3 aromatic rings. The Morgan fingerprint density at radius 3 is 2.48 bits per heavy atom. The third-order valence-corrected chi connectivity index (χ3v) is 5.93. The summed E-state index contributed by atoms with van der Waals surface area (Å²) in [5, 5.41) is 15.8. The minimum atomic E-state index is -0.373. The van der Waals surface area contributed by atoms with Gasteiger partial charge in [0.15, 0.2) is 11.0 Å². The molecule has 0 radical (unpaired) electrons. The van der Waals surface area contributed by atoms with E-state index in [0.29, 0.717) is 38.8 Å². The summed E-state index contributed by atoms with van der Waals surface area (Å²) in [6.45, 7) is 4.38. The van der Waals surface area contributed by atoms with E-state index >= 15 is 0 Å². The standard InChI is InChI=1S/C21H21Cl2N5O2S/c1-3-28-19(13(2)24-20(30)14-8-10-15(22)11-9-14)26-27-21(28)31-12-18(29)25-17-7-5-4-6-16(17)23/h4-11,13H,3,12H2,1-2H3,(H,24,30)(H,25,29)/t13-/m0/s1. The van der Waals surface area contributed by atoms with Crippen LogP contribution in [0.25, 0.3) is 0 Å². The van der Waals surface area contributed by atoms with Crippen LogP contribution in [0.5, 0.6) is 0 Å². The van der Waals surface area contributed by atoms with Gasteiger partial charge in [-0.15, -0.1) is 10.2 Å². The molecule has 0 saturated carbocycles. The summed E-state index contributed by atoms with van der Waals surface area (Å²) in [4.78, 5) is 24.8. The first-order chi connectivity index (χ1) is 14.9. The Bertz CT molecular complexity index is 1070. The minimum Gasteiger partial charge on any atom is -0.342 e. The summed E-state index contributed by atoms with van der Waals surface area (Å²) in [6, 6.07) is 13.3. The number of carbonyl (C=O) groups excluding carboxylic acids is 2. The maximum atomic E-state index is 12.5. The number of para-hydroxylation sites is 1. The van der Waals surface area contributed by atoms with Gasteiger partial charge < -0.3 is 15.2 Å². The second-order valence-corrected chi connectivity index (χ2v) is 8.39. The van der Waals surface area contributed by atoms with Crippen molar-refractivity contribution < 1.29 is 9.59 Å². The molecule has 0 bridgehead atoms. The van der Waals surface area contributed by atoms with E-state index in [-0.39, 0.29) is 23.6 Å². The fourth-order valence-electron chi connectivity index (χ4n) is 2.85. The zero-order valence-electron chi connectivity index (χ0n) is 16.9. The lowest BCUT2D eigenvalue weighted by Crippen LogP contribution is -2.28. The largest absolute Gasteiger partial charge is 0.342 e. The molecule has 1 heterocycles. The summed E-state index contributed by atoms with van der Waals surface area (Å²) in [5.41, 5.74) is 1.07. The topological polar surface area (TPSA) is 88.9 Å². The van der Waals surface area contributed by atoms with Gasteiger partial charge in [0.1, 0.15) is 0 Å². The third-order valence-electron chi connectivity index (χ3n) is 4.38. The van der Waals surface area contributed by atoms with Gasteiger partial charge >= 0.3 is 0 Å². The monoisotopic (exact) mass is 477 g/mol. The first-order valence-electron chi connectivity index (χ1n) is 9.55. The lowest BCUT2D eigenvalue weighted by atomic mass is 10.2. The number of aromatic nitrogens is 3. The number of thioether (sulfide) groups is 1. The van der Waals surface area contributed by atoms with Crippen LogP contribution in [0.4, 0.5) is 5.69 Å². The van der Waals surface area contributed by atoms with Crippen molar-refractivity contribution in [3.8, 4) is 0 Å². The van der Waals surface area contributed by atoms with Gasteiger partial charge in [0.25, 0.3) is 5.91 Å². The van der Waals surface area contributed by atoms with E-state index in [1.165, 1.54) is 11.8 Å². The molecular weight excluding hydrogens is 457 g/mol. The Labute approximate surface area is 194 Å². The Morgan fingerprint density at radius 1 is 1.10 bits per heavy atom. The van der Waals surface area contributed by atoms with Crippen LogP contribution in [0.2, 0.25) is 10.0 Å². The number of nitrogens with one attached hydrogen (secondary N) is 2. The van der Waals surface area contributed by atoms with Crippen molar-refractivity contribution in [1.29, 1.82) is 0 Å². The predicted octanol–water partition coefficient (Wildman–Crippen LogP) is 4.83. The van der Waals surface area contributed by atoms with E-state index in [1.54, 1.807) is 48.5 Å². The molecule has 0 aliphatic heterocycles. The van der Waals surface area contributed by atoms with Crippen molar-refractivity contribution in [3.05, 3.63) is 70.0 Å². The fourth-order valence-corrected chi connectivity index (χ4v) is 3.97. The number of carbonyl (C=O) groups is 2. The molecule has 0 fully saturated rings. The molecule has 1 atom stereocenters. The molecule has 0 spiro atoms. The summed E-state index contributed by atoms with van der Waals surface area (Å²) >= 11 is 13.2. The highest BCUT2D eigenvalue weighted by Gasteiger charge is 2.20. The van der Waals surface area contributed by atoms with Crippen LogP contribution in [0.1, 0.15) is 36.1 Å². The van der Waals surface area contributed by atoms with E-state index in [9.17, 15) is 9.59 Å². The van der Waals surface area contributed by atoms with Crippen molar-refractivity contribution >= 4 is 52.5 Å². The Hall–Kier alpha value is -2.55. The second-order valence-electron chi connectivity index (χ2n) is 6.60. The van der Waals surface area contributed by atoms with Gasteiger partial charge in [-0.3, -0.25) is 9.59 Å². The number of halogens is 2. The zero-order chi connectivity index (χ0) is 22.4. The molecule has 0 unspecified atom stereocenters. The predicted molar refractivity (Wildman–Crippen MR) is 124 cm³/mol. The molecule has 0 saturated heterocycles. The van der Waals surface area contributed by atoms with Crippen LogP contribution < -0.4 is 10.6 Å². The summed E-state index contributed by atoms with van der Waals surface area (Å²) in [7, 11) is 0. The quantitative estimate of drug-likeness (QED) is 0.453. The number of hydrogen-bond donors (Lipinski definition) is 2. The van der Waals surface area contributed by atoms with Crippen LogP contribution in [0, 0.1) is 0 Å². The number of rotatable bonds is 8. The molecule has 31 heavy (non-hydrogen) atoms. The molecule has 3 rings (SSSR count). The maximum Gasteiger partial charge on any atom is 0.251 e. The first-order valence-corrected chi connectivity index (χ1v) is 11.3. The fraction of sp³-hybridized carbons (Fsp3) is 0.238. The van der Waals surface area contributed by atoms with Gasteiger partial charge in [0.05, 0.1) is 22.5 Å². The highest BCUT2D eigenvalue weighted by molar-refractivity contribution is 7.99. The number of anilines is 1. The van der Waals surface area contributed by atoms with Crippen LogP contribution >= 0.6 is 35.0 Å². The molecular formula is C21H21Cl2N5O2S. The van der Waals surface area contributed by atoms with Crippen molar-refractivity contribution in [3.63, 3.8) is 0 Å². The number of benzene rings is 2. The molecule has 0 aliphatic carbocycles. The number of nitrogens with zero attached hydrogens (tertiary/aromatic N) is 3. The van der Waals surface area contributed by atoms with Gasteiger partial charge in [0, 0.05) is 17.1 Å². The summed E-state index contributed by atoms with van der Waals surface area (Å²) in [6.07, 6.45) is 0. The zero-order valence-corrected chi connectivity index (χ0v) is 19.3. The smallest absolute Gasteiger partial charge is 0.251 e. The highest BCUT2D eigenvalue weighted by Crippen LogP contribution is 2.23. The maximum absolute atomic E-state index is 12.5. The van der Waals surface area contributed by atoms with Crippen molar-refractivity contribution in [2.24, 2.45) is 0 Å². The van der Waals surface area contributed by atoms with Crippen LogP contribution in [0.3, 0.4) is 0 Å². The second kappa shape index (κ2) is 10.7. The Kier molecular flexibility index (Phi) is 7.95. The van der Waals surface area contributed by atoms with Gasteiger partial charge in [-0.25, -0.2) is 0 Å². The first kappa shape index (κ1) is 23.1. The van der Waals surface area contributed by atoms with Gasteiger partial charge in [-0.2, -0.15) is 0 Å². The number of amides is 2. The molecule has 10 heteroatoms. The van der Waals surface area contributed by atoms with E-state index in [2.05, 4.69) is 20.8 Å². The lowest BCUT2D eigenvalue weighted by Gasteiger charge is -2.15. The molecule has 7 nitrogen and oxygen atoms in total. The van der Waals surface area contributed by atoms with Gasteiger partial charge in [-0.05, 0) is 50.2 Å². The van der Waals surface area contributed by atoms with Crippen LogP contribution in [-0.2, 0) is 11.3 Å². The number of hydrogen-bond acceptors (Lipinski definition) is 5. The van der Waals surface area contributed by atoms with E-state index in [1.807, 2.05) is 18.4 Å². The molecule has 0 aliphatic rings. The Balaban J connectivity index is 1.63. The van der Waals surface area contributed by atoms with Gasteiger partial charge in [0.2, 0.25) is 5.91 Å². The molecule has 162 valence electrons. The van der Waals surface area contributed by atoms with Gasteiger partial charge in [-0.1, -0.05) is 47.1 Å². The van der Waals surface area contributed by atoms with E-state index in [0.717, 1.165) is 0 Å². The molecule has 1 aromatic heterocycles. The molecule has 2 amide bonds. The van der Waals surface area contributed by atoms with Crippen LogP contribution in [0.15, 0.2) is 53.7 Å². The average molecular weight is 478 g/mol. The highest BCUT2D eigenvalue weighted by atomic mass is 35.5. The third kappa shape index (κ3) is 6.00. The minimum absolute atomic E-state index is 0.148. The normalized spacial score (nSPS) is 11.7. The SMILES string of the molecule is CCn1c(SCC(=O)Nc2ccccc2Cl)nnc1[C@H](C)NC(=O)c1ccc(Cl)cc1. The Morgan fingerprint density at radius 2 is 1.81 bits per heavy atom. The van der Waals surface area contributed by atoms with Crippen molar-refractivity contribution in [2.45, 2.75) is 31.6 Å².